The molecule has 1 aromatic carbocycles. The average molecular weight is 390 g/mol. The minimum atomic E-state index is -0.690. The van der Waals surface area contributed by atoms with Crippen molar-refractivity contribution in [2.24, 2.45) is 0 Å². The first-order valence-corrected chi connectivity index (χ1v) is 7.92. The van der Waals surface area contributed by atoms with Gasteiger partial charge in [-0.2, -0.15) is 0 Å². The second-order valence-corrected chi connectivity index (χ2v) is 6.64. The van der Waals surface area contributed by atoms with Crippen LogP contribution in [0.4, 0.5) is 10.5 Å². The van der Waals surface area contributed by atoms with Gasteiger partial charge in [0.1, 0.15) is 5.60 Å². The number of aromatic nitrogens is 1. The number of nitrogens with zero attached hydrogens (tertiary/aromatic N) is 2. The number of hydrogen-bond donors (Lipinski definition) is 0. The highest BCUT2D eigenvalue weighted by atomic mass is 79.9. The Balaban J connectivity index is 2.75. The van der Waals surface area contributed by atoms with Crippen LogP contribution in [0.2, 0.25) is 5.02 Å². The summed E-state index contributed by atoms with van der Waals surface area (Å²) in [6, 6.07) is 4.29. The zero-order chi connectivity index (χ0) is 16.7. The maximum atomic E-state index is 12.4. The molecule has 0 spiro atoms. The molecule has 0 saturated carbocycles. The third-order valence-corrected chi connectivity index (χ3v) is 3.76. The largest absolute Gasteiger partial charge is 0.443 e. The molecule has 0 fully saturated rings. The Kier molecular flexibility index (Phi) is 4.49. The van der Waals surface area contributed by atoms with Gasteiger partial charge in [0.15, 0.2) is 0 Å². The Morgan fingerprint density at radius 2 is 2.09 bits per heavy atom. The van der Waals surface area contributed by atoms with Crippen LogP contribution in [0.1, 0.15) is 26.5 Å². The number of ether oxygens (including phenoxy) is 1. The van der Waals surface area contributed by atoms with Crippen molar-refractivity contribution in [3.8, 4) is 0 Å². The zero-order valence-corrected chi connectivity index (χ0v) is 14.6. The Bertz CT molecular complexity index is 764. The van der Waals surface area contributed by atoms with Crippen LogP contribution in [-0.4, -0.2) is 21.2 Å². The SMILES string of the molecule is CC(C)(C)OC(=O)n1c(CBr)cc2c([N+](=O)[O-])ccc(Cl)c21. The zero-order valence-electron chi connectivity index (χ0n) is 12.2. The molecule has 22 heavy (non-hydrogen) atoms. The van der Waals surface area contributed by atoms with E-state index < -0.39 is 16.6 Å². The fraction of sp³-hybridized carbons (Fsp3) is 0.357. The highest BCUT2D eigenvalue weighted by Crippen LogP contribution is 2.35. The lowest BCUT2D eigenvalue weighted by Crippen LogP contribution is -2.27. The van der Waals surface area contributed by atoms with Gasteiger partial charge in [-0.1, -0.05) is 27.5 Å². The van der Waals surface area contributed by atoms with Crippen LogP contribution in [0.25, 0.3) is 10.9 Å². The number of carbonyl (C=O) groups is 1. The molecule has 0 atom stereocenters. The normalized spacial score (nSPS) is 11.7. The van der Waals surface area contributed by atoms with Crippen molar-refractivity contribution in [2.45, 2.75) is 31.7 Å². The van der Waals surface area contributed by atoms with Crippen molar-refractivity contribution >= 4 is 50.2 Å². The van der Waals surface area contributed by atoms with E-state index in [1.54, 1.807) is 26.8 Å². The van der Waals surface area contributed by atoms with Gasteiger partial charge in [0.2, 0.25) is 0 Å². The number of alkyl halides is 1. The van der Waals surface area contributed by atoms with Crippen molar-refractivity contribution in [1.29, 1.82) is 0 Å². The molecule has 2 aromatic rings. The van der Waals surface area contributed by atoms with Crippen LogP contribution in [0, 0.1) is 10.1 Å². The van der Waals surface area contributed by atoms with Gasteiger partial charge in [0.05, 0.1) is 20.8 Å². The topological polar surface area (TPSA) is 74.4 Å². The molecule has 0 radical (unpaired) electrons. The lowest BCUT2D eigenvalue weighted by molar-refractivity contribution is -0.383. The summed E-state index contributed by atoms with van der Waals surface area (Å²) in [6.45, 7) is 5.23. The van der Waals surface area contributed by atoms with E-state index in [4.69, 9.17) is 16.3 Å². The van der Waals surface area contributed by atoms with E-state index in [9.17, 15) is 14.9 Å². The molecule has 6 nitrogen and oxygen atoms in total. The van der Waals surface area contributed by atoms with Crippen LogP contribution in [0.15, 0.2) is 18.2 Å². The molecule has 0 aliphatic carbocycles. The Morgan fingerprint density at radius 3 is 2.59 bits per heavy atom. The monoisotopic (exact) mass is 388 g/mol. The molecule has 0 saturated heterocycles. The van der Waals surface area contributed by atoms with Gasteiger partial charge in [0, 0.05) is 17.1 Å². The molecule has 2 rings (SSSR count). The van der Waals surface area contributed by atoms with Crippen molar-refractivity contribution in [2.75, 3.05) is 0 Å². The lowest BCUT2D eigenvalue weighted by Gasteiger charge is -2.20. The van der Waals surface area contributed by atoms with E-state index in [-0.39, 0.29) is 16.2 Å². The van der Waals surface area contributed by atoms with Gasteiger partial charge < -0.3 is 4.74 Å². The molecule has 8 heteroatoms. The van der Waals surface area contributed by atoms with E-state index in [2.05, 4.69) is 15.9 Å². The number of nitro benzene ring substituents is 1. The number of rotatable bonds is 2. The van der Waals surface area contributed by atoms with E-state index in [1.807, 2.05) is 0 Å². The summed E-state index contributed by atoms with van der Waals surface area (Å²) in [5.74, 6) is 0. The summed E-state index contributed by atoms with van der Waals surface area (Å²) < 4.78 is 6.63. The van der Waals surface area contributed by atoms with Gasteiger partial charge in [-0.15, -0.1) is 0 Å². The number of non-ortho nitro benzene ring substituents is 1. The lowest BCUT2D eigenvalue weighted by atomic mass is 10.2. The van der Waals surface area contributed by atoms with Crippen LogP contribution in [0.5, 0.6) is 0 Å². The molecule has 0 aliphatic rings. The first kappa shape index (κ1) is 16.8. The van der Waals surface area contributed by atoms with Crippen molar-refractivity contribution in [3.05, 3.63) is 39.0 Å². The van der Waals surface area contributed by atoms with E-state index in [0.29, 0.717) is 16.4 Å². The predicted molar refractivity (Wildman–Crippen MR) is 87.9 cm³/mol. The molecule has 118 valence electrons. The summed E-state index contributed by atoms with van der Waals surface area (Å²) in [7, 11) is 0. The Hall–Kier alpha value is -1.60. The Labute approximate surface area is 140 Å². The number of halogens is 2. The molecule has 0 bridgehead atoms. The Morgan fingerprint density at radius 1 is 1.45 bits per heavy atom. The van der Waals surface area contributed by atoms with E-state index in [1.165, 1.54) is 16.7 Å². The number of benzene rings is 1. The standard InChI is InChI=1S/C14H14BrClN2O4/c1-14(2,3)22-13(19)17-8(7-15)6-9-11(18(20)21)5-4-10(16)12(9)17/h4-6H,7H2,1-3H3. The molecule has 0 N–H and O–H groups in total. The highest BCUT2D eigenvalue weighted by Gasteiger charge is 2.26. The first-order valence-electron chi connectivity index (χ1n) is 6.42. The number of carbonyl (C=O) groups excluding carboxylic acids is 1. The quantitative estimate of drug-likeness (QED) is 0.417. The van der Waals surface area contributed by atoms with Crippen molar-refractivity contribution in [1.82, 2.24) is 4.57 Å². The average Bonchev–Trinajstić information content (AvgIpc) is 2.76. The summed E-state index contributed by atoms with van der Waals surface area (Å²) in [4.78, 5) is 23.1. The minimum absolute atomic E-state index is 0.107. The minimum Gasteiger partial charge on any atom is -0.443 e. The van der Waals surface area contributed by atoms with Gasteiger partial charge >= 0.3 is 6.09 Å². The summed E-state index contributed by atoms with van der Waals surface area (Å²) in [5, 5.41) is 12.0. The van der Waals surface area contributed by atoms with Crippen molar-refractivity contribution in [3.63, 3.8) is 0 Å². The van der Waals surface area contributed by atoms with Gasteiger partial charge in [-0.05, 0) is 32.9 Å². The highest BCUT2D eigenvalue weighted by molar-refractivity contribution is 9.08. The molecule has 0 amide bonds. The predicted octanol–water partition coefficient (Wildman–Crippen LogP) is 4.88. The molecule has 0 unspecified atom stereocenters. The number of hydrogen-bond acceptors (Lipinski definition) is 4. The summed E-state index contributed by atoms with van der Waals surface area (Å²) in [5.41, 5.74) is 0.00805. The fourth-order valence-electron chi connectivity index (χ4n) is 2.09. The summed E-state index contributed by atoms with van der Waals surface area (Å²) >= 11 is 9.44. The third-order valence-electron chi connectivity index (χ3n) is 2.88. The molecular formula is C14H14BrClN2O4. The molecule has 0 aliphatic heterocycles. The molecular weight excluding hydrogens is 376 g/mol. The van der Waals surface area contributed by atoms with Crippen LogP contribution in [0.3, 0.4) is 0 Å². The molecule has 1 heterocycles. The van der Waals surface area contributed by atoms with E-state index in [0.717, 1.165) is 0 Å². The number of fused-ring (bicyclic) bond motifs is 1. The second-order valence-electron chi connectivity index (χ2n) is 5.67. The number of nitro groups is 1. The first-order chi connectivity index (χ1) is 10.2. The fourth-order valence-corrected chi connectivity index (χ4v) is 2.75. The van der Waals surface area contributed by atoms with E-state index >= 15 is 0 Å². The third kappa shape index (κ3) is 3.10. The summed E-state index contributed by atoms with van der Waals surface area (Å²) in [6.07, 6.45) is -0.626. The van der Waals surface area contributed by atoms with Gasteiger partial charge in [-0.25, -0.2) is 9.36 Å². The van der Waals surface area contributed by atoms with Gasteiger partial charge in [-0.3, -0.25) is 10.1 Å². The second kappa shape index (κ2) is 5.89. The smallest absolute Gasteiger partial charge is 0.419 e. The maximum absolute atomic E-state index is 12.4. The molecule has 1 aromatic heterocycles. The van der Waals surface area contributed by atoms with Crippen LogP contribution >= 0.6 is 27.5 Å². The van der Waals surface area contributed by atoms with Crippen LogP contribution < -0.4 is 0 Å². The van der Waals surface area contributed by atoms with Crippen molar-refractivity contribution < 1.29 is 14.5 Å². The van der Waals surface area contributed by atoms with Gasteiger partial charge in [0.25, 0.3) is 5.69 Å². The van der Waals surface area contributed by atoms with Crippen LogP contribution in [-0.2, 0) is 10.1 Å². The maximum Gasteiger partial charge on any atom is 0.419 e.